The molecule has 2 aromatic heterocycles. The summed E-state index contributed by atoms with van der Waals surface area (Å²) in [5.41, 5.74) is 1.19. The number of hydrogen-bond donors (Lipinski definition) is 0. The summed E-state index contributed by atoms with van der Waals surface area (Å²) in [5.74, 6) is 1.32. The molecule has 0 atom stereocenters. The van der Waals surface area contributed by atoms with Crippen molar-refractivity contribution >= 4 is 45.6 Å². The van der Waals surface area contributed by atoms with Crippen molar-refractivity contribution in [2.75, 3.05) is 6.61 Å². The molecule has 8 heteroatoms. The van der Waals surface area contributed by atoms with E-state index in [0.29, 0.717) is 37.5 Å². The second-order valence-electron chi connectivity index (χ2n) is 7.11. The maximum absolute atomic E-state index is 12.8. The Labute approximate surface area is 193 Å². The molecule has 0 aliphatic rings. The van der Waals surface area contributed by atoms with Gasteiger partial charge < -0.3 is 4.74 Å². The molecular formula is C23H21Cl2N3O2S. The van der Waals surface area contributed by atoms with Gasteiger partial charge in [0.05, 0.1) is 11.1 Å². The van der Waals surface area contributed by atoms with Crippen molar-refractivity contribution in [1.82, 2.24) is 14.6 Å². The third-order valence-electron chi connectivity index (χ3n) is 4.84. The highest BCUT2D eigenvalue weighted by atomic mass is 35.5. The lowest BCUT2D eigenvalue weighted by molar-refractivity contribution is 0.305. The number of thiazole rings is 1. The van der Waals surface area contributed by atoms with E-state index in [-0.39, 0.29) is 5.56 Å². The largest absolute Gasteiger partial charge is 0.494 e. The zero-order chi connectivity index (χ0) is 21.8. The normalized spacial score (nSPS) is 12.0. The predicted octanol–water partition coefficient (Wildman–Crippen LogP) is 5.63. The highest BCUT2D eigenvalue weighted by Gasteiger charge is 2.13. The van der Waals surface area contributed by atoms with Crippen LogP contribution >= 0.6 is 34.5 Å². The van der Waals surface area contributed by atoms with Crippen LogP contribution in [0.5, 0.6) is 5.75 Å². The first-order valence-electron chi connectivity index (χ1n) is 10.2. The van der Waals surface area contributed by atoms with Gasteiger partial charge in [0.25, 0.3) is 5.56 Å². The molecule has 0 aliphatic heterocycles. The third-order valence-corrected chi connectivity index (χ3v) is 6.45. The van der Waals surface area contributed by atoms with Gasteiger partial charge in [0.1, 0.15) is 5.75 Å². The number of fused-ring (bicyclic) bond motifs is 1. The second kappa shape index (κ2) is 9.81. The Morgan fingerprint density at radius 1 is 1.06 bits per heavy atom. The van der Waals surface area contributed by atoms with Crippen molar-refractivity contribution < 1.29 is 4.74 Å². The molecule has 2 heterocycles. The Kier molecular flexibility index (Phi) is 6.90. The fourth-order valence-corrected chi connectivity index (χ4v) is 4.55. The summed E-state index contributed by atoms with van der Waals surface area (Å²) in [6, 6.07) is 12.8. The molecule has 0 spiro atoms. The summed E-state index contributed by atoms with van der Waals surface area (Å²) in [7, 11) is 0. The van der Waals surface area contributed by atoms with Crippen molar-refractivity contribution in [2.45, 2.75) is 32.6 Å². The van der Waals surface area contributed by atoms with E-state index < -0.39 is 0 Å². The van der Waals surface area contributed by atoms with Gasteiger partial charge in [-0.15, -0.1) is 5.10 Å². The van der Waals surface area contributed by atoms with Crippen molar-refractivity contribution in [2.24, 2.45) is 0 Å². The zero-order valence-electron chi connectivity index (χ0n) is 17.0. The first-order chi connectivity index (χ1) is 15.1. The fourth-order valence-electron chi connectivity index (χ4n) is 3.15. The van der Waals surface area contributed by atoms with Crippen LogP contribution < -0.4 is 14.8 Å². The van der Waals surface area contributed by atoms with Crippen LogP contribution in [0.2, 0.25) is 10.0 Å². The molecule has 0 saturated heterocycles. The number of hydrogen-bond acceptors (Lipinski definition) is 5. The molecule has 0 radical (unpaired) electrons. The Bertz CT molecular complexity index is 1280. The van der Waals surface area contributed by atoms with Crippen LogP contribution in [0.3, 0.4) is 0 Å². The van der Waals surface area contributed by atoms with Crippen LogP contribution in [-0.2, 0) is 0 Å². The summed E-state index contributed by atoms with van der Waals surface area (Å²) in [5, 5.41) is 5.36. The first kappa shape index (κ1) is 21.8. The maximum Gasteiger partial charge on any atom is 0.291 e. The molecule has 4 rings (SSSR count). The Hall–Kier alpha value is -2.41. The quantitative estimate of drug-likeness (QED) is 0.311. The Morgan fingerprint density at radius 2 is 1.81 bits per heavy atom. The molecule has 4 aromatic rings. The molecule has 31 heavy (non-hydrogen) atoms. The molecule has 0 bridgehead atoms. The minimum absolute atomic E-state index is 0.248. The van der Waals surface area contributed by atoms with Gasteiger partial charge in [0.15, 0.2) is 5.82 Å². The standard InChI is InChI=1S/C23H21Cl2N3O2S/c1-2-3-4-5-13-30-16-11-9-15(10-12-16)21-26-23-28(27-21)22(29)20(31-23)14-17-18(24)7-6-8-19(17)25/h6-12,14H,2-5,13H2,1H3. The number of benzene rings is 2. The van der Waals surface area contributed by atoms with Crippen LogP contribution in [-0.4, -0.2) is 21.2 Å². The lowest BCUT2D eigenvalue weighted by Gasteiger charge is -2.06. The molecule has 0 unspecified atom stereocenters. The van der Waals surface area contributed by atoms with Gasteiger partial charge in [0.2, 0.25) is 4.96 Å². The van der Waals surface area contributed by atoms with Crippen molar-refractivity contribution in [3.8, 4) is 17.1 Å². The number of unbranched alkanes of at least 4 members (excludes halogenated alkanes) is 3. The molecular weight excluding hydrogens is 453 g/mol. The number of rotatable bonds is 8. The van der Waals surface area contributed by atoms with E-state index in [1.165, 1.54) is 35.1 Å². The summed E-state index contributed by atoms with van der Waals surface area (Å²) >= 11 is 13.7. The minimum Gasteiger partial charge on any atom is -0.494 e. The second-order valence-corrected chi connectivity index (χ2v) is 8.94. The monoisotopic (exact) mass is 473 g/mol. The van der Waals surface area contributed by atoms with Gasteiger partial charge in [-0.2, -0.15) is 9.50 Å². The van der Waals surface area contributed by atoms with E-state index >= 15 is 0 Å². The number of aromatic nitrogens is 3. The van der Waals surface area contributed by atoms with Gasteiger partial charge in [-0.25, -0.2) is 0 Å². The van der Waals surface area contributed by atoms with E-state index in [9.17, 15) is 4.79 Å². The van der Waals surface area contributed by atoms with Crippen LogP contribution in [0.25, 0.3) is 22.4 Å². The minimum atomic E-state index is -0.248. The fraction of sp³-hybridized carbons (Fsp3) is 0.261. The van der Waals surface area contributed by atoms with Crippen LogP contribution in [0.15, 0.2) is 47.3 Å². The van der Waals surface area contributed by atoms with Gasteiger partial charge >= 0.3 is 0 Å². The highest BCUT2D eigenvalue weighted by molar-refractivity contribution is 7.15. The van der Waals surface area contributed by atoms with Crippen molar-refractivity contribution in [1.29, 1.82) is 0 Å². The lowest BCUT2D eigenvalue weighted by atomic mass is 10.2. The van der Waals surface area contributed by atoms with Crippen LogP contribution in [0.4, 0.5) is 0 Å². The Balaban J connectivity index is 1.54. The zero-order valence-corrected chi connectivity index (χ0v) is 19.3. The maximum atomic E-state index is 12.8. The lowest BCUT2D eigenvalue weighted by Crippen LogP contribution is -2.23. The Morgan fingerprint density at radius 3 is 2.48 bits per heavy atom. The third kappa shape index (κ3) is 4.92. The van der Waals surface area contributed by atoms with E-state index in [1.807, 2.05) is 24.3 Å². The summed E-state index contributed by atoms with van der Waals surface area (Å²) < 4.78 is 7.57. The van der Waals surface area contributed by atoms with E-state index in [0.717, 1.165) is 17.7 Å². The summed E-state index contributed by atoms with van der Waals surface area (Å²) in [4.78, 5) is 17.8. The molecule has 0 N–H and O–H groups in total. The highest BCUT2D eigenvalue weighted by Crippen LogP contribution is 2.25. The molecule has 0 aliphatic carbocycles. The smallest absolute Gasteiger partial charge is 0.291 e. The topological polar surface area (TPSA) is 56.5 Å². The number of ether oxygens (including phenoxy) is 1. The van der Waals surface area contributed by atoms with E-state index in [2.05, 4.69) is 17.0 Å². The van der Waals surface area contributed by atoms with Crippen LogP contribution in [0.1, 0.15) is 38.2 Å². The molecule has 5 nitrogen and oxygen atoms in total. The van der Waals surface area contributed by atoms with Crippen molar-refractivity contribution in [3.63, 3.8) is 0 Å². The SMILES string of the molecule is CCCCCCOc1ccc(-c2nc3sc(=Cc4c(Cl)cccc4Cl)c(=O)n3n2)cc1. The molecule has 2 aromatic carbocycles. The molecule has 160 valence electrons. The average Bonchev–Trinajstić information content (AvgIpc) is 3.30. The number of nitrogens with zero attached hydrogens (tertiary/aromatic N) is 3. The van der Waals surface area contributed by atoms with E-state index in [4.69, 9.17) is 27.9 Å². The predicted molar refractivity (Wildman–Crippen MR) is 127 cm³/mol. The molecule has 0 fully saturated rings. The van der Waals surface area contributed by atoms with Gasteiger partial charge in [-0.3, -0.25) is 4.79 Å². The average molecular weight is 474 g/mol. The van der Waals surface area contributed by atoms with Gasteiger partial charge in [0, 0.05) is 21.2 Å². The summed E-state index contributed by atoms with van der Waals surface area (Å²) in [6.07, 6.45) is 6.36. The first-order valence-corrected chi connectivity index (χ1v) is 11.7. The summed E-state index contributed by atoms with van der Waals surface area (Å²) in [6.45, 7) is 2.91. The number of halogens is 2. The van der Waals surface area contributed by atoms with Crippen molar-refractivity contribution in [3.05, 3.63) is 73.0 Å². The molecule has 0 amide bonds. The van der Waals surface area contributed by atoms with Gasteiger partial charge in [-0.1, -0.05) is 66.8 Å². The molecule has 0 saturated carbocycles. The van der Waals surface area contributed by atoms with Gasteiger partial charge in [-0.05, 0) is 48.9 Å². The van der Waals surface area contributed by atoms with Crippen LogP contribution in [0, 0.1) is 0 Å². The van der Waals surface area contributed by atoms with E-state index in [1.54, 1.807) is 24.3 Å².